The average molecular weight is 262 g/mol. The molecule has 4 heteroatoms. The van der Waals surface area contributed by atoms with Gasteiger partial charge in [-0.2, -0.15) is 0 Å². The number of hydrogen-bond donors (Lipinski definition) is 1. The minimum atomic E-state index is 0.298. The number of thiazole rings is 1. The summed E-state index contributed by atoms with van der Waals surface area (Å²) in [6, 6.07) is 8.56. The monoisotopic (exact) mass is 262 g/mol. The van der Waals surface area contributed by atoms with Crippen LogP contribution in [0.4, 0.5) is 0 Å². The first kappa shape index (κ1) is 13.1. The number of hydrogen-bond acceptors (Lipinski definition) is 4. The molecular weight excluding hydrogens is 244 g/mol. The van der Waals surface area contributed by atoms with Crippen LogP contribution in [0.1, 0.15) is 23.5 Å². The molecule has 3 nitrogen and oxygen atoms in total. The first-order valence-corrected chi connectivity index (χ1v) is 7.00. The van der Waals surface area contributed by atoms with Gasteiger partial charge in [0.15, 0.2) is 0 Å². The second kappa shape index (κ2) is 6.52. The number of ether oxygens (including phenoxy) is 1. The van der Waals surface area contributed by atoms with E-state index in [1.54, 1.807) is 11.3 Å². The second-order valence-electron chi connectivity index (χ2n) is 3.97. The Morgan fingerprint density at radius 1 is 1.33 bits per heavy atom. The summed E-state index contributed by atoms with van der Waals surface area (Å²) in [5.74, 6) is 0.922. The van der Waals surface area contributed by atoms with Crippen LogP contribution in [0.2, 0.25) is 0 Å². The molecule has 1 aromatic heterocycles. The maximum atomic E-state index is 5.45. The fourth-order valence-corrected chi connectivity index (χ4v) is 2.54. The third-order valence-electron chi connectivity index (χ3n) is 2.80. The van der Waals surface area contributed by atoms with Crippen molar-refractivity contribution >= 4 is 11.3 Å². The van der Waals surface area contributed by atoms with Gasteiger partial charge >= 0.3 is 0 Å². The highest BCUT2D eigenvalue weighted by Gasteiger charge is 2.11. The number of nitrogens with one attached hydrogen (secondary N) is 1. The predicted molar refractivity (Wildman–Crippen MR) is 75.2 cm³/mol. The van der Waals surface area contributed by atoms with E-state index < -0.39 is 0 Å². The Bertz CT molecular complexity index is 453. The van der Waals surface area contributed by atoms with Crippen molar-refractivity contribution in [1.82, 2.24) is 10.3 Å². The van der Waals surface area contributed by atoms with Crippen molar-refractivity contribution in [3.05, 3.63) is 46.4 Å². The normalized spacial score (nSPS) is 12.3. The molecule has 1 heterocycles. The number of likely N-dealkylation sites (N-methyl/N-ethyl adjacent to an activating group) is 1. The molecular formula is C14H18N2OS. The van der Waals surface area contributed by atoms with Gasteiger partial charge in [0.1, 0.15) is 5.75 Å². The van der Waals surface area contributed by atoms with Gasteiger partial charge in [-0.15, -0.1) is 11.3 Å². The summed E-state index contributed by atoms with van der Waals surface area (Å²) in [6.45, 7) is 2.70. The summed E-state index contributed by atoms with van der Waals surface area (Å²) in [5, 5.41) is 6.50. The number of rotatable bonds is 6. The van der Waals surface area contributed by atoms with Crippen molar-refractivity contribution in [3.8, 4) is 5.75 Å². The van der Waals surface area contributed by atoms with Crippen LogP contribution < -0.4 is 10.1 Å². The van der Waals surface area contributed by atoms with Crippen LogP contribution in [-0.2, 0) is 6.42 Å². The maximum absolute atomic E-state index is 5.45. The van der Waals surface area contributed by atoms with Gasteiger partial charge in [0.25, 0.3) is 0 Å². The molecule has 0 saturated heterocycles. The van der Waals surface area contributed by atoms with Gasteiger partial charge in [-0.1, -0.05) is 12.1 Å². The lowest BCUT2D eigenvalue weighted by Gasteiger charge is -2.15. The van der Waals surface area contributed by atoms with Gasteiger partial charge in [-0.25, -0.2) is 4.98 Å². The third kappa shape index (κ3) is 3.31. The summed E-state index contributed by atoms with van der Waals surface area (Å²) < 4.78 is 5.45. The van der Waals surface area contributed by atoms with Gasteiger partial charge in [0.05, 0.1) is 11.6 Å². The summed E-state index contributed by atoms with van der Waals surface area (Å²) in [5.41, 5.74) is 1.26. The minimum absolute atomic E-state index is 0.298. The third-order valence-corrected chi connectivity index (χ3v) is 3.61. The van der Waals surface area contributed by atoms with E-state index >= 15 is 0 Å². The van der Waals surface area contributed by atoms with Crippen LogP contribution in [0.15, 0.2) is 35.8 Å². The first-order valence-electron chi connectivity index (χ1n) is 6.12. The Labute approximate surface area is 112 Å². The van der Waals surface area contributed by atoms with Gasteiger partial charge in [0.2, 0.25) is 0 Å². The predicted octanol–water partition coefficient (Wildman–Crippen LogP) is 3.05. The molecule has 2 rings (SSSR count). The molecule has 0 spiro atoms. The van der Waals surface area contributed by atoms with Crippen LogP contribution >= 0.6 is 11.3 Å². The molecule has 0 radical (unpaired) electrons. The van der Waals surface area contributed by atoms with Crippen LogP contribution in [0, 0.1) is 0 Å². The van der Waals surface area contributed by atoms with Gasteiger partial charge < -0.3 is 10.1 Å². The molecule has 18 heavy (non-hydrogen) atoms. The lowest BCUT2D eigenvalue weighted by atomic mass is 10.0. The molecule has 0 amide bonds. The summed E-state index contributed by atoms with van der Waals surface area (Å²) >= 11 is 1.70. The minimum Gasteiger partial charge on any atom is -0.494 e. The average Bonchev–Trinajstić information content (AvgIpc) is 2.90. The molecule has 1 atom stereocenters. The smallest absolute Gasteiger partial charge is 0.119 e. The van der Waals surface area contributed by atoms with Gasteiger partial charge in [-0.05, 0) is 31.7 Å². The molecule has 0 bridgehead atoms. The van der Waals surface area contributed by atoms with E-state index in [1.165, 1.54) is 5.56 Å². The van der Waals surface area contributed by atoms with Crippen LogP contribution in [0.5, 0.6) is 5.75 Å². The topological polar surface area (TPSA) is 34.1 Å². The van der Waals surface area contributed by atoms with Crippen molar-refractivity contribution in [2.75, 3.05) is 13.7 Å². The standard InChI is InChI=1S/C14H18N2OS/c1-3-17-12-6-4-11(5-7-12)13(15-2)10-14-16-8-9-18-14/h4-9,13,15H,3,10H2,1-2H3. The highest BCUT2D eigenvalue weighted by Crippen LogP contribution is 2.21. The second-order valence-corrected chi connectivity index (χ2v) is 4.95. The van der Waals surface area contributed by atoms with Gasteiger partial charge in [0, 0.05) is 24.0 Å². The van der Waals surface area contributed by atoms with E-state index in [-0.39, 0.29) is 0 Å². The van der Waals surface area contributed by atoms with Crippen molar-refractivity contribution in [1.29, 1.82) is 0 Å². The Balaban J connectivity index is 2.07. The van der Waals surface area contributed by atoms with Crippen molar-refractivity contribution in [3.63, 3.8) is 0 Å². The zero-order valence-corrected chi connectivity index (χ0v) is 11.5. The summed E-state index contributed by atoms with van der Waals surface area (Å²) in [4.78, 5) is 4.33. The Morgan fingerprint density at radius 3 is 2.67 bits per heavy atom. The number of nitrogens with zero attached hydrogens (tertiary/aromatic N) is 1. The maximum Gasteiger partial charge on any atom is 0.119 e. The van der Waals surface area contributed by atoms with Crippen molar-refractivity contribution < 1.29 is 4.74 Å². The van der Waals surface area contributed by atoms with E-state index in [2.05, 4.69) is 22.4 Å². The Morgan fingerprint density at radius 2 is 2.11 bits per heavy atom. The molecule has 1 unspecified atom stereocenters. The zero-order valence-electron chi connectivity index (χ0n) is 10.7. The van der Waals surface area contributed by atoms with Crippen LogP contribution in [0.25, 0.3) is 0 Å². The molecule has 1 N–H and O–H groups in total. The van der Waals surface area contributed by atoms with E-state index in [1.807, 2.05) is 37.7 Å². The quantitative estimate of drug-likeness (QED) is 0.869. The molecule has 0 aliphatic carbocycles. The number of aromatic nitrogens is 1. The van der Waals surface area contributed by atoms with E-state index in [0.717, 1.165) is 17.2 Å². The van der Waals surface area contributed by atoms with Gasteiger partial charge in [-0.3, -0.25) is 0 Å². The fourth-order valence-electron chi connectivity index (χ4n) is 1.88. The van der Waals surface area contributed by atoms with Crippen molar-refractivity contribution in [2.24, 2.45) is 0 Å². The zero-order chi connectivity index (χ0) is 12.8. The Hall–Kier alpha value is -1.39. The molecule has 96 valence electrons. The van der Waals surface area contributed by atoms with Crippen LogP contribution in [-0.4, -0.2) is 18.6 Å². The van der Waals surface area contributed by atoms with E-state index in [4.69, 9.17) is 4.74 Å². The molecule has 2 aromatic rings. The summed E-state index contributed by atoms with van der Waals surface area (Å²) in [6.07, 6.45) is 2.77. The molecule has 0 saturated carbocycles. The SMILES string of the molecule is CCOc1ccc(C(Cc2nccs2)NC)cc1. The first-order chi connectivity index (χ1) is 8.83. The lowest BCUT2D eigenvalue weighted by molar-refractivity contribution is 0.340. The van der Waals surface area contributed by atoms with Crippen LogP contribution in [0.3, 0.4) is 0 Å². The highest BCUT2D eigenvalue weighted by molar-refractivity contribution is 7.09. The largest absolute Gasteiger partial charge is 0.494 e. The van der Waals surface area contributed by atoms with E-state index in [0.29, 0.717) is 12.6 Å². The molecule has 0 fully saturated rings. The number of benzene rings is 1. The summed E-state index contributed by atoms with van der Waals surface area (Å²) in [7, 11) is 1.98. The molecule has 1 aromatic carbocycles. The molecule has 0 aliphatic rings. The lowest BCUT2D eigenvalue weighted by Crippen LogP contribution is -2.18. The highest BCUT2D eigenvalue weighted by atomic mass is 32.1. The Kier molecular flexibility index (Phi) is 4.73. The molecule has 0 aliphatic heterocycles. The fraction of sp³-hybridized carbons (Fsp3) is 0.357. The van der Waals surface area contributed by atoms with Crippen molar-refractivity contribution in [2.45, 2.75) is 19.4 Å². The van der Waals surface area contributed by atoms with E-state index in [9.17, 15) is 0 Å².